The molecule has 1 aliphatic heterocycles. The molecule has 0 aromatic heterocycles. The summed E-state index contributed by atoms with van der Waals surface area (Å²) in [6, 6.07) is 4.86. The first-order chi connectivity index (χ1) is 9.02. The summed E-state index contributed by atoms with van der Waals surface area (Å²) >= 11 is 0. The van der Waals surface area contributed by atoms with Crippen LogP contribution in [-0.2, 0) is 0 Å². The number of methoxy groups -OCH3 is 1. The van der Waals surface area contributed by atoms with E-state index in [0.717, 1.165) is 6.42 Å². The summed E-state index contributed by atoms with van der Waals surface area (Å²) in [6.07, 6.45) is 0.795. The molecule has 1 heterocycles. The first-order valence-corrected chi connectivity index (χ1v) is 6.44. The van der Waals surface area contributed by atoms with Crippen LogP contribution in [0.2, 0.25) is 0 Å². The topological polar surface area (TPSA) is 75.8 Å². The molecule has 0 radical (unpaired) electrons. The number of likely N-dealkylation sites (tertiary alicyclic amines) is 1. The maximum Gasteiger partial charge on any atom is 0.257 e. The number of carbonyl (C=O) groups is 1. The van der Waals surface area contributed by atoms with Crippen LogP contribution in [0.4, 0.5) is 0 Å². The summed E-state index contributed by atoms with van der Waals surface area (Å²) in [7, 11) is 1.52. The highest BCUT2D eigenvalue weighted by Crippen LogP contribution is 2.26. The van der Waals surface area contributed by atoms with E-state index in [2.05, 4.69) is 0 Å². The monoisotopic (exact) mass is 264 g/mol. The van der Waals surface area contributed by atoms with Gasteiger partial charge in [0.25, 0.3) is 5.91 Å². The van der Waals surface area contributed by atoms with Crippen LogP contribution in [0.5, 0.6) is 11.5 Å². The lowest BCUT2D eigenvalue weighted by Gasteiger charge is -2.35. The van der Waals surface area contributed by atoms with Gasteiger partial charge in [0.15, 0.2) is 0 Å². The summed E-state index contributed by atoms with van der Waals surface area (Å²) in [4.78, 5) is 14.1. The number of ether oxygens (including phenoxy) is 1. The third kappa shape index (κ3) is 2.81. The zero-order valence-corrected chi connectivity index (χ0v) is 11.3. The summed E-state index contributed by atoms with van der Waals surface area (Å²) in [5, 5.41) is 9.89. The lowest BCUT2D eigenvalue weighted by atomic mass is 9.94. The number of aromatic hydroxyl groups is 1. The molecule has 2 unspecified atom stereocenters. The zero-order chi connectivity index (χ0) is 14.0. The van der Waals surface area contributed by atoms with Crippen molar-refractivity contribution in [3.8, 4) is 11.5 Å². The molecule has 2 atom stereocenters. The number of amides is 1. The Morgan fingerprint density at radius 1 is 1.53 bits per heavy atom. The maximum absolute atomic E-state index is 12.4. The lowest BCUT2D eigenvalue weighted by molar-refractivity contribution is 0.0661. The second-order valence-electron chi connectivity index (χ2n) is 5.06. The number of piperidine rings is 1. The van der Waals surface area contributed by atoms with Gasteiger partial charge in [-0.15, -0.1) is 0 Å². The van der Waals surface area contributed by atoms with Crippen molar-refractivity contribution in [3.63, 3.8) is 0 Å². The Morgan fingerprint density at radius 2 is 2.26 bits per heavy atom. The number of hydrogen-bond acceptors (Lipinski definition) is 4. The molecule has 5 heteroatoms. The van der Waals surface area contributed by atoms with Crippen molar-refractivity contribution in [2.45, 2.75) is 19.4 Å². The molecule has 0 bridgehead atoms. The maximum atomic E-state index is 12.4. The normalized spacial score (nSPS) is 23.2. The molecule has 19 heavy (non-hydrogen) atoms. The van der Waals surface area contributed by atoms with E-state index in [9.17, 15) is 9.90 Å². The Balaban J connectivity index is 2.16. The minimum absolute atomic E-state index is 0.0492. The molecule has 1 aliphatic rings. The molecule has 1 saturated heterocycles. The minimum Gasteiger partial charge on any atom is -0.507 e. The number of nitrogens with zero attached hydrogens (tertiary/aromatic N) is 1. The summed E-state index contributed by atoms with van der Waals surface area (Å²) in [6.45, 7) is 3.30. The Bertz CT molecular complexity index is 476. The van der Waals surface area contributed by atoms with E-state index in [1.165, 1.54) is 13.2 Å². The van der Waals surface area contributed by atoms with Gasteiger partial charge in [0, 0.05) is 25.2 Å². The highest BCUT2D eigenvalue weighted by Gasteiger charge is 2.28. The largest absolute Gasteiger partial charge is 0.507 e. The van der Waals surface area contributed by atoms with Gasteiger partial charge in [0.2, 0.25) is 0 Å². The van der Waals surface area contributed by atoms with E-state index in [1.54, 1.807) is 17.0 Å². The molecule has 0 saturated carbocycles. The van der Waals surface area contributed by atoms with Gasteiger partial charge in [0.1, 0.15) is 11.5 Å². The predicted molar refractivity (Wildman–Crippen MR) is 72.3 cm³/mol. The first-order valence-electron chi connectivity index (χ1n) is 6.44. The number of benzene rings is 1. The number of rotatable bonds is 2. The Labute approximate surface area is 113 Å². The second-order valence-corrected chi connectivity index (χ2v) is 5.06. The fourth-order valence-corrected chi connectivity index (χ4v) is 2.34. The van der Waals surface area contributed by atoms with Gasteiger partial charge in [-0.2, -0.15) is 0 Å². The number of carbonyl (C=O) groups excluding carboxylic acids is 1. The predicted octanol–water partition coefficient (Wildman–Crippen LogP) is 1.21. The fraction of sp³-hybridized carbons (Fsp3) is 0.500. The van der Waals surface area contributed by atoms with Crippen LogP contribution in [0, 0.1) is 5.92 Å². The molecule has 1 aromatic carbocycles. The highest BCUT2D eigenvalue weighted by atomic mass is 16.5. The van der Waals surface area contributed by atoms with Crippen LogP contribution in [0.25, 0.3) is 0 Å². The quantitative estimate of drug-likeness (QED) is 0.842. The molecule has 3 N–H and O–H groups in total. The number of phenolic OH excluding ortho intramolecular Hbond substituents is 1. The van der Waals surface area contributed by atoms with E-state index >= 15 is 0 Å². The first kappa shape index (κ1) is 13.7. The molecular formula is C14H20N2O3. The van der Waals surface area contributed by atoms with E-state index < -0.39 is 0 Å². The van der Waals surface area contributed by atoms with Gasteiger partial charge >= 0.3 is 0 Å². The standard InChI is InChI=1S/C14H20N2O3/c1-9-8-16(6-5-12(9)15)14(18)11-4-3-10(19-2)7-13(11)17/h3-4,7,9,12,17H,5-6,8,15H2,1-2H3. The van der Waals surface area contributed by atoms with Crippen LogP contribution < -0.4 is 10.5 Å². The average Bonchev–Trinajstić information content (AvgIpc) is 2.41. The summed E-state index contributed by atoms with van der Waals surface area (Å²) < 4.78 is 5.00. The molecule has 2 rings (SSSR count). The van der Waals surface area contributed by atoms with E-state index in [0.29, 0.717) is 24.4 Å². The molecule has 0 spiro atoms. The van der Waals surface area contributed by atoms with Crippen molar-refractivity contribution in [2.24, 2.45) is 11.7 Å². The van der Waals surface area contributed by atoms with Crippen molar-refractivity contribution in [1.29, 1.82) is 0 Å². The van der Waals surface area contributed by atoms with E-state index in [4.69, 9.17) is 10.5 Å². The fourth-order valence-electron chi connectivity index (χ4n) is 2.34. The van der Waals surface area contributed by atoms with Gasteiger partial charge in [-0.05, 0) is 24.5 Å². The summed E-state index contributed by atoms with van der Waals surface area (Å²) in [5.41, 5.74) is 6.25. The van der Waals surface area contributed by atoms with Crippen molar-refractivity contribution >= 4 is 5.91 Å². The SMILES string of the molecule is COc1ccc(C(=O)N2CCC(N)C(C)C2)c(O)c1. The van der Waals surface area contributed by atoms with Gasteiger partial charge in [-0.1, -0.05) is 6.92 Å². The van der Waals surface area contributed by atoms with Crippen LogP contribution in [0.15, 0.2) is 18.2 Å². The molecule has 104 valence electrons. The highest BCUT2D eigenvalue weighted by molar-refractivity contribution is 5.97. The average molecular weight is 264 g/mol. The Hall–Kier alpha value is -1.75. The van der Waals surface area contributed by atoms with E-state index in [-0.39, 0.29) is 23.6 Å². The number of hydrogen-bond donors (Lipinski definition) is 2. The molecule has 5 nitrogen and oxygen atoms in total. The van der Waals surface area contributed by atoms with Crippen molar-refractivity contribution in [2.75, 3.05) is 20.2 Å². The molecule has 1 fully saturated rings. The van der Waals surface area contributed by atoms with Crippen molar-refractivity contribution in [1.82, 2.24) is 4.90 Å². The van der Waals surface area contributed by atoms with Gasteiger partial charge in [-0.25, -0.2) is 0 Å². The molecule has 1 amide bonds. The van der Waals surface area contributed by atoms with Gasteiger partial charge in [-0.3, -0.25) is 4.79 Å². The molecular weight excluding hydrogens is 244 g/mol. The van der Waals surface area contributed by atoms with Crippen LogP contribution in [-0.4, -0.2) is 42.2 Å². The molecule has 1 aromatic rings. The Kier molecular flexibility index (Phi) is 3.95. The zero-order valence-electron chi connectivity index (χ0n) is 11.3. The Morgan fingerprint density at radius 3 is 2.84 bits per heavy atom. The van der Waals surface area contributed by atoms with Gasteiger partial charge < -0.3 is 20.5 Å². The third-order valence-corrected chi connectivity index (χ3v) is 3.69. The van der Waals surface area contributed by atoms with Crippen LogP contribution in [0.3, 0.4) is 0 Å². The minimum atomic E-state index is -0.154. The third-order valence-electron chi connectivity index (χ3n) is 3.69. The van der Waals surface area contributed by atoms with Crippen molar-refractivity contribution in [3.05, 3.63) is 23.8 Å². The smallest absolute Gasteiger partial charge is 0.257 e. The lowest BCUT2D eigenvalue weighted by Crippen LogP contribution is -2.48. The second kappa shape index (κ2) is 5.48. The van der Waals surface area contributed by atoms with Crippen LogP contribution in [0.1, 0.15) is 23.7 Å². The van der Waals surface area contributed by atoms with Crippen LogP contribution >= 0.6 is 0 Å². The number of phenols is 1. The van der Waals surface area contributed by atoms with E-state index in [1.807, 2.05) is 6.92 Å². The number of nitrogens with two attached hydrogens (primary N) is 1. The summed E-state index contributed by atoms with van der Waals surface area (Å²) in [5.74, 6) is 0.604. The van der Waals surface area contributed by atoms with Gasteiger partial charge in [0.05, 0.1) is 12.7 Å². The van der Waals surface area contributed by atoms with Crippen molar-refractivity contribution < 1.29 is 14.6 Å². The molecule has 0 aliphatic carbocycles.